The van der Waals surface area contributed by atoms with Crippen LogP contribution in [0.3, 0.4) is 0 Å². The van der Waals surface area contributed by atoms with Crippen LogP contribution in [0.2, 0.25) is 0 Å². The average Bonchev–Trinajstić information content (AvgIpc) is 2.89. The summed E-state index contributed by atoms with van der Waals surface area (Å²) in [4.78, 5) is 22.0. The molecule has 2 aromatic carbocycles. The van der Waals surface area contributed by atoms with Crippen molar-refractivity contribution >= 4 is 0 Å². The van der Waals surface area contributed by atoms with Gasteiger partial charge in [-0.25, -0.2) is 9.37 Å². The van der Waals surface area contributed by atoms with E-state index >= 15 is 0 Å². The van der Waals surface area contributed by atoms with Crippen LogP contribution >= 0.6 is 0 Å². The first-order valence-corrected chi connectivity index (χ1v) is 12.6. The zero-order valence-corrected chi connectivity index (χ0v) is 21.3. The third kappa shape index (κ3) is 5.61. The number of aromatic hydroxyl groups is 1. The first-order chi connectivity index (χ1) is 17.8. The molecule has 0 aliphatic rings. The molecule has 0 amide bonds. The van der Waals surface area contributed by atoms with Gasteiger partial charge in [0.15, 0.2) is 0 Å². The summed E-state index contributed by atoms with van der Waals surface area (Å²) in [6.07, 6.45) is 4.41. The molecule has 0 aliphatic carbocycles. The van der Waals surface area contributed by atoms with Gasteiger partial charge in [-0.3, -0.25) is 9.36 Å². The molecule has 1 N–H and O–H groups in total. The van der Waals surface area contributed by atoms with Gasteiger partial charge in [0.25, 0.3) is 5.56 Å². The molecule has 2 aromatic heterocycles. The summed E-state index contributed by atoms with van der Waals surface area (Å²) < 4.78 is 29.6. The molecule has 1 unspecified atom stereocenters. The second-order valence-electron chi connectivity index (χ2n) is 9.24. The Kier molecular flexibility index (Phi) is 8.11. The van der Waals surface area contributed by atoms with Crippen LogP contribution in [-0.2, 0) is 12.8 Å². The Bertz CT molecular complexity index is 1450. The summed E-state index contributed by atoms with van der Waals surface area (Å²) in [6, 6.07) is 15.0. The van der Waals surface area contributed by atoms with Crippen LogP contribution in [0.1, 0.15) is 67.2 Å². The van der Waals surface area contributed by atoms with Crippen molar-refractivity contribution in [3.63, 3.8) is 0 Å². The summed E-state index contributed by atoms with van der Waals surface area (Å²) in [5, 5.41) is 10.8. The van der Waals surface area contributed by atoms with Crippen LogP contribution < -0.4 is 5.56 Å². The highest BCUT2D eigenvalue weighted by atomic mass is 19.1. The Morgan fingerprint density at radius 1 is 1.05 bits per heavy atom. The molecule has 5 nitrogen and oxygen atoms in total. The molecule has 0 saturated carbocycles. The lowest BCUT2D eigenvalue weighted by molar-refractivity contribution is 0.420. The van der Waals surface area contributed by atoms with Crippen molar-refractivity contribution in [3.05, 3.63) is 111 Å². The minimum atomic E-state index is -0.509. The van der Waals surface area contributed by atoms with Crippen molar-refractivity contribution < 1.29 is 13.9 Å². The molecule has 2 heterocycles. The van der Waals surface area contributed by atoms with Gasteiger partial charge in [-0.05, 0) is 60.2 Å². The molecule has 192 valence electrons. The van der Waals surface area contributed by atoms with Gasteiger partial charge >= 0.3 is 0 Å². The largest absolute Gasteiger partial charge is 0.493 e. The smallest absolute Gasteiger partial charge is 0.261 e. The number of aromatic nitrogens is 3. The number of halogens is 2. The van der Waals surface area contributed by atoms with Gasteiger partial charge < -0.3 is 5.11 Å². The molecular weight excluding hydrogens is 472 g/mol. The zero-order chi connectivity index (χ0) is 26.5. The number of hydrogen-bond acceptors (Lipinski definition) is 4. The van der Waals surface area contributed by atoms with Gasteiger partial charge in [-0.1, -0.05) is 56.7 Å². The third-order valence-corrected chi connectivity index (χ3v) is 6.73. The maximum absolute atomic E-state index is 14.0. The predicted molar refractivity (Wildman–Crippen MR) is 141 cm³/mol. The SMILES string of the molecule is CCCCc1nc(O)c(Cc2ccc(-c3ccnc(F)c3C)cc2)c(=O)n1C(CC)c1cccc(F)c1. The number of benzene rings is 2. The van der Waals surface area contributed by atoms with E-state index in [0.29, 0.717) is 29.8 Å². The summed E-state index contributed by atoms with van der Waals surface area (Å²) in [7, 11) is 0. The van der Waals surface area contributed by atoms with Crippen LogP contribution in [0.4, 0.5) is 8.78 Å². The fraction of sp³-hybridized carbons (Fsp3) is 0.300. The lowest BCUT2D eigenvalue weighted by atomic mass is 9.98. The molecule has 4 rings (SSSR count). The van der Waals surface area contributed by atoms with E-state index in [1.54, 1.807) is 23.6 Å². The Morgan fingerprint density at radius 3 is 2.49 bits per heavy atom. The predicted octanol–water partition coefficient (Wildman–Crippen LogP) is 6.53. The zero-order valence-electron chi connectivity index (χ0n) is 21.3. The van der Waals surface area contributed by atoms with Crippen molar-refractivity contribution in [2.24, 2.45) is 0 Å². The number of rotatable bonds is 9. The van der Waals surface area contributed by atoms with Gasteiger partial charge in [0.2, 0.25) is 11.8 Å². The van der Waals surface area contributed by atoms with E-state index in [9.17, 15) is 18.7 Å². The summed E-state index contributed by atoms with van der Waals surface area (Å²) in [5.74, 6) is -0.659. The van der Waals surface area contributed by atoms with Crippen LogP contribution in [-0.4, -0.2) is 19.6 Å². The molecule has 7 heteroatoms. The van der Waals surface area contributed by atoms with Gasteiger partial charge in [0.05, 0.1) is 11.6 Å². The van der Waals surface area contributed by atoms with E-state index in [4.69, 9.17) is 0 Å². The minimum Gasteiger partial charge on any atom is -0.493 e. The Balaban J connectivity index is 1.74. The van der Waals surface area contributed by atoms with Crippen molar-refractivity contribution in [2.75, 3.05) is 0 Å². The minimum absolute atomic E-state index is 0.176. The fourth-order valence-corrected chi connectivity index (χ4v) is 4.70. The standard InChI is InChI=1S/C30H31F2N3O2/c1-4-6-10-27-34-29(36)25(30(37)35(27)26(5-2)22-8-7-9-23(31)18-22)17-20-11-13-21(14-12-20)24-15-16-33-28(32)19(24)3/h7-9,11-16,18,26,36H,4-6,10,17H2,1-3H3. The van der Waals surface area contributed by atoms with E-state index in [-0.39, 0.29) is 29.2 Å². The van der Waals surface area contributed by atoms with E-state index in [1.807, 2.05) is 44.2 Å². The quantitative estimate of drug-likeness (QED) is 0.264. The molecule has 0 aliphatic heterocycles. The molecule has 4 aromatic rings. The van der Waals surface area contributed by atoms with Crippen molar-refractivity contribution in [3.8, 4) is 17.0 Å². The number of pyridine rings is 1. The van der Waals surface area contributed by atoms with Gasteiger partial charge in [-0.2, -0.15) is 9.37 Å². The molecule has 37 heavy (non-hydrogen) atoms. The first-order valence-electron chi connectivity index (χ1n) is 12.6. The second kappa shape index (κ2) is 11.5. The molecular formula is C30H31F2N3O2. The normalized spacial score (nSPS) is 12.0. The monoisotopic (exact) mass is 503 g/mol. The van der Waals surface area contributed by atoms with Gasteiger partial charge in [-0.15, -0.1) is 0 Å². The maximum Gasteiger partial charge on any atom is 0.261 e. The summed E-state index contributed by atoms with van der Waals surface area (Å²) in [6.45, 7) is 5.67. The Morgan fingerprint density at radius 2 is 1.81 bits per heavy atom. The van der Waals surface area contributed by atoms with Gasteiger partial charge in [0.1, 0.15) is 11.6 Å². The number of unbranched alkanes of at least 4 members (excludes halogenated alkanes) is 1. The molecule has 0 spiro atoms. The Labute approximate surface area is 215 Å². The highest BCUT2D eigenvalue weighted by Crippen LogP contribution is 2.27. The molecule has 0 bridgehead atoms. The average molecular weight is 504 g/mol. The van der Waals surface area contributed by atoms with E-state index in [0.717, 1.165) is 29.5 Å². The van der Waals surface area contributed by atoms with E-state index in [2.05, 4.69) is 9.97 Å². The number of hydrogen-bond donors (Lipinski definition) is 1. The number of nitrogens with zero attached hydrogens (tertiary/aromatic N) is 3. The van der Waals surface area contributed by atoms with Gasteiger partial charge in [0, 0.05) is 24.6 Å². The van der Waals surface area contributed by atoms with Crippen LogP contribution in [0.25, 0.3) is 11.1 Å². The lowest BCUT2D eigenvalue weighted by Gasteiger charge is -2.23. The fourth-order valence-electron chi connectivity index (χ4n) is 4.70. The lowest BCUT2D eigenvalue weighted by Crippen LogP contribution is -2.32. The molecule has 1 atom stereocenters. The summed E-state index contributed by atoms with van der Waals surface area (Å²) in [5.41, 5.74) is 3.38. The van der Waals surface area contributed by atoms with Crippen molar-refractivity contribution in [1.29, 1.82) is 0 Å². The van der Waals surface area contributed by atoms with Crippen molar-refractivity contribution in [2.45, 2.75) is 58.9 Å². The second-order valence-corrected chi connectivity index (χ2v) is 9.24. The molecule has 0 saturated heterocycles. The number of aryl methyl sites for hydroxylation is 1. The molecule has 0 radical (unpaired) electrons. The highest BCUT2D eigenvalue weighted by Gasteiger charge is 2.23. The van der Waals surface area contributed by atoms with Crippen LogP contribution in [0.15, 0.2) is 65.6 Å². The third-order valence-electron chi connectivity index (χ3n) is 6.73. The van der Waals surface area contributed by atoms with Crippen LogP contribution in [0.5, 0.6) is 5.88 Å². The van der Waals surface area contributed by atoms with Crippen molar-refractivity contribution in [1.82, 2.24) is 14.5 Å². The topological polar surface area (TPSA) is 68.0 Å². The summed E-state index contributed by atoms with van der Waals surface area (Å²) >= 11 is 0. The van der Waals surface area contributed by atoms with Crippen LogP contribution in [0, 0.1) is 18.7 Å². The first kappa shape index (κ1) is 26.2. The maximum atomic E-state index is 14.0. The Hall–Kier alpha value is -3.87. The molecule has 0 fully saturated rings. The van der Waals surface area contributed by atoms with E-state index in [1.165, 1.54) is 18.3 Å². The van der Waals surface area contributed by atoms with E-state index < -0.39 is 12.0 Å². The highest BCUT2D eigenvalue weighted by molar-refractivity contribution is 5.66.